The van der Waals surface area contributed by atoms with Crippen LogP contribution in [-0.2, 0) is 11.2 Å². The van der Waals surface area contributed by atoms with Crippen LogP contribution in [0.3, 0.4) is 0 Å². The lowest BCUT2D eigenvalue weighted by Gasteiger charge is -2.12. The van der Waals surface area contributed by atoms with Crippen molar-refractivity contribution in [2.75, 3.05) is 0 Å². The molecule has 2 rings (SSSR count). The zero-order chi connectivity index (χ0) is 12.3. The summed E-state index contributed by atoms with van der Waals surface area (Å²) in [4.78, 5) is 12.0. The minimum absolute atomic E-state index is 0.151. The largest absolute Gasteiger partial charge is 0.294 e. The first kappa shape index (κ1) is 12.0. The zero-order valence-corrected chi connectivity index (χ0v) is 10.1. The van der Waals surface area contributed by atoms with Gasteiger partial charge in [-0.25, -0.2) is 4.39 Å². The summed E-state index contributed by atoms with van der Waals surface area (Å²) in [6, 6.07) is 4.63. The predicted octanol–water partition coefficient (Wildman–Crippen LogP) is 3.75. The molecule has 0 saturated heterocycles. The van der Waals surface area contributed by atoms with Crippen LogP contribution in [-0.4, -0.2) is 5.78 Å². The number of ketones is 1. The Morgan fingerprint density at radius 3 is 2.88 bits per heavy atom. The van der Waals surface area contributed by atoms with Crippen molar-refractivity contribution in [1.29, 1.82) is 0 Å². The Kier molecular flexibility index (Phi) is 3.72. The number of aryl methyl sites for hydroxylation is 1. The fraction of sp³-hybridized carbons (Fsp3) is 0.400. The first-order chi connectivity index (χ1) is 8.16. The number of rotatable bonds is 3. The van der Waals surface area contributed by atoms with Crippen LogP contribution in [0.2, 0.25) is 0 Å². The van der Waals surface area contributed by atoms with Crippen LogP contribution in [0.4, 0.5) is 4.39 Å². The molecule has 1 aromatic rings. The molecule has 0 aliphatic heterocycles. The van der Waals surface area contributed by atoms with Crippen LogP contribution in [0.25, 0.3) is 0 Å². The first-order valence-electron chi connectivity index (χ1n) is 6.14. The highest BCUT2D eigenvalue weighted by atomic mass is 19.1. The van der Waals surface area contributed by atoms with E-state index in [2.05, 4.69) is 0 Å². The monoisotopic (exact) mass is 232 g/mol. The van der Waals surface area contributed by atoms with Gasteiger partial charge in [0, 0.05) is 6.42 Å². The van der Waals surface area contributed by atoms with Gasteiger partial charge in [-0.15, -0.1) is 0 Å². The molecule has 0 heterocycles. The van der Waals surface area contributed by atoms with Crippen LogP contribution >= 0.6 is 0 Å². The van der Waals surface area contributed by atoms with Crippen LogP contribution in [0.15, 0.2) is 29.8 Å². The highest BCUT2D eigenvalue weighted by Crippen LogP contribution is 2.20. The summed E-state index contributed by atoms with van der Waals surface area (Å²) in [5, 5.41) is 0. The Bertz CT molecular complexity index is 460. The molecule has 0 saturated carbocycles. The van der Waals surface area contributed by atoms with E-state index >= 15 is 0 Å². The third kappa shape index (κ3) is 3.02. The Balaban J connectivity index is 2.12. The second kappa shape index (κ2) is 5.26. The molecule has 0 radical (unpaired) electrons. The number of hydrogen-bond acceptors (Lipinski definition) is 1. The molecule has 1 nitrogen and oxygen atoms in total. The Labute approximate surface area is 101 Å². The van der Waals surface area contributed by atoms with Gasteiger partial charge in [-0.1, -0.05) is 12.1 Å². The summed E-state index contributed by atoms with van der Waals surface area (Å²) in [6.45, 7) is 1.91. The van der Waals surface area contributed by atoms with E-state index in [9.17, 15) is 9.18 Å². The van der Waals surface area contributed by atoms with Gasteiger partial charge >= 0.3 is 0 Å². The van der Waals surface area contributed by atoms with Crippen LogP contribution in [0.1, 0.15) is 36.8 Å². The molecular weight excluding hydrogens is 215 g/mol. The lowest BCUT2D eigenvalue weighted by molar-refractivity contribution is -0.115. The lowest BCUT2D eigenvalue weighted by atomic mass is 9.92. The summed E-state index contributed by atoms with van der Waals surface area (Å²) in [5.74, 6) is -0.116. The maximum absolute atomic E-state index is 13.1. The van der Waals surface area contributed by atoms with Crippen molar-refractivity contribution in [2.24, 2.45) is 0 Å². The number of hydrogen-bond donors (Lipinski definition) is 0. The first-order valence-corrected chi connectivity index (χ1v) is 6.14. The number of halogens is 1. The standard InChI is InChI=1S/C15H17FO/c1-11-7-8-14(16)9-13(11)10-15(17)12-5-3-2-4-6-12/h5,7-9H,2-4,6,10H2,1H3. The Morgan fingerprint density at radius 2 is 2.18 bits per heavy atom. The van der Waals surface area contributed by atoms with E-state index in [1.807, 2.05) is 13.0 Å². The number of carbonyl (C=O) groups excluding carboxylic acids is 1. The fourth-order valence-electron chi connectivity index (χ4n) is 2.21. The molecule has 0 fully saturated rings. The summed E-state index contributed by atoms with van der Waals surface area (Å²) >= 11 is 0. The molecule has 0 atom stereocenters. The van der Waals surface area contributed by atoms with Gasteiger partial charge in [-0.05, 0) is 61.4 Å². The second-order valence-corrected chi connectivity index (χ2v) is 4.65. The Hall–Kier alpha value is -1.44. The summed E-state index contributed by atoms with van der Waals surface area (Å²) in [5.41, 5.74) is 2.72. The van der Waals surface area contributed by atoms with Crippen LogP contribution in [0, 0.1) is 12.7 Å². The Morgan fingerprint density at radius 1 is 1.35 bits per heavy atom. The molecule has 1 aromatic carbocycles. The van der Waals surface area contributed by atoms with E-state index in [4.69, 9.17) is 0 Å². The smallest absolute Gasteiger partial charge is 0.162 e. The van der Waals surface area contributed by atoms with Crippen molar-refractivity contribution in [2.45, 2.75) is 39.0 Å². The molecule has 17 heavy (non-hydrogen) atoms. The number of Topliss-reactive ketones (excluding diaryl/α,β-unsaturated/α-hetero) is 1. The number of allylic oxidation sites excluding steroid dienone is 2. The number of benzene rings is 1. The highest BCUT2D eigenvalue weighted by Gasteiger charge is 2.14. The minimum Gasteiger partial charge on any atom is -0.294 e. The highest BCUT2D eigenvalue weighted by molar-refractivity contribution is 5.97. The van der Waals surface area contributed by atoms with E-state index in [-0.39, 0.29) is 11.6 Å². The van der Waals surface area contributed by atoms with Gasteiger partial charge in [0.1, 0.15) is 5.82 Å². The molecule has 0 unspecified atom stereocenters. The van der Waals surface area contributed by atoms with Gasteiger partial charge in [0.05, 0.1) is 0 Å². The second-order valence-electron chi connectivity index (χ2n) is 4.65. The third-order valence-corrected chi connectivity index (χ3v) is 3.31. The van der Waals surface area contributed by atoms with Gasteiger partial charge in [0.15, 0.2) is 5.78 Å². The van der Waals surface area contributed by atoms with E-state index in [0.29, 0.717) is 6.42 Å². The van der Waals surface area contributed by atoms with Crippen molar-refractivity contribution in [3.63, 3.8) is 0 Å². The summed E-state index contributed by atoms with van der Waals surface area (Å²) in [7, 11) is 0. The van der Waals surface area contributed by atoms with E-state index in [0.717, 1.165) is 36.0 Å². The average molecular weight is 232 g/mol. The van der Waals surface area contributed by atoms with Gasteiger partial charge in [0.2, 0.25) is 0 Å². The minimum atomic E-state index is -0.268. The van der Waals surface area contributed by atoms with E-state index < -0.39 is 0 Å². The molecule has 0 spiro atoms. The molecular formula is C15H17FO. The van der Waals surface area contributed by atoms with E-state index in [1.54, 1.807) is 6.07 Å². The zero-order valence-electron chi connectivity index (χ0n) is 10.1. The third-order valence-electron chi connectivity index (χ3n) is 3.31. The molecule has 0 bridgehead atoms. The van der Waals surface area contributed by atoms with Gasteiger partial charge in [-0.3, -0.25) is 4.79 Å². The maximum atomic E-state index is 13.1. The molecule has 0 amide bonds. The molecule has 0 aromatic heterocycles. The van der Waals surface area contributed by atoms with Crippen molar-refractivity contribution < 1.29 is 9.18 Å². The van der Waals surface area contributed by atoms with Crippen LogP contribution < -0.4 is 0 Å². The molecule has 0 N–H and O–H groups in total. The van der Waals surface area contributed by atoms with E-state index in [1.165, 1.54) is 18.6 Å². The van der Waals surface area contributed by atoms with Crippen molar-refractivity contribution in [3.05, 3.63) is 46.8 Å². The maximum Gasteiger partial charge on any atom is 0.162 e. The van der Waals surface area contributed by atoms with Crippen molar-refractivity contribution in [3.8, 4) is 0 Å². The summed E-state index contributed by atoms with van der Waals surface area (Å²) in [6.07, 6.45) is 6.53. The normalized spacial score (nSPS) is 15.5. The lowest BCUT2D eigenvalue weighted by Crippen LogP contribution is -2.10. The molecule has 1 aliphatic rings. The number of carbonyl (C=O) groups is 1. The van der Waals surface area contributed by atoms with Gasteiger partial charge in [-0.2, -0.15) is 0 Å². The summed E-state index contributed by atoms with van der Waals surface area (Å²) < 4.78 is 13.1. The topological polar surface area (TPSA) is 17.1 Å². The van der Waals surface area contributed by atoms with Gasteiger partial charge < -0.3 is 0 Å². The fourth-order valence-corrected chi connectivity index (χ4v) is 2.21. The average Bonchev–Trinajstić information content (AvgIpc) is 2.35. The molecule has 90 valence electrons. The molecule has 1 aliphatic carbocycles. The quantitative estimate of drug-likeness (QED) is 0.775. The van der Waals surface area contributed by atoms with Crippen LogP contribution in [0.5, 0.6) is 0 Å². The molecule has 2 heteroatoms. The van der Waals surface area contributed by atoms with Crippen molar-refractivity contribution >= 4 is 5.78 Å². The SMILES string of the molecule is Cc1ccc(F)cc1CC(=O)C1=CCCCC1. The van der Waals surface area contributed by atoms with Crippen molar-refractivity contribution in [1.82, 2.24) is 0 Å². The van der Waals surface area contributed by atoms with Gasteiger partial charge in [0.25, 0.3) is 0 Å². The predicted molar refractivity (Wildman–Crippen MR) is 66.4 cm³/mol.